The lowest BCUT2D eigenvalue weighted by molar-refractivity contribution is -0.137. The maximum absolute atomic E-state index is 10.3. The summed E-state index contributed by atoms with van der Waals surface area (Å²) in [5, 5.41) is 8.51. The highest BCUT2D eigenvalue weighted by molar-refractivity contribution is 5.66. The van der Waals surface area contributed by atoms with Crippen LogP contribution in [0.5, 0.6) is 0 Å². The zero-order valence-electron chi connectivity index (χ0n) is 9.42. The van der Waals surface area contributed by atoms with Crippen molar-refractivity contribution in [3.8, 4) is 0 Å². The summed E-state index contributed by atoms with van der Waals surface area (Å²) < 4.78 is 0. The molecule has 0 fully saturated rings. The van der Waals surface area contributed by atoms with E-state index in [9.17, 15) is 4.79 Å². The molecule has 0 aliphatic rings. The van der Waals surface area contributed by atoms with Crippen molar-refractivity contribution in [2.75, 3.05) is 0 Å². The fraction of sp³-hybridized carbons (Fsp3) is 0.462. The molecular formula is C13H18O2. The van der Waals surface area contributed by atoms with Gasteiger partial charge in [0.25, 0.3) is 0 Å². The van der Waals surface area contributed by atoms with Crippen LogP contribution in [0, 0.1) is 13.8 Å². The first-order valence-electron chi connectivity index (χ1n) is 5.37. The van der Waals surface area contributed by atoms with Gasteiger partial charge in [-0.25, -0.2) is 0 Å². The van der Waals surface area contributed by atoms with Crippen molar-refractivity contribution in [1.82, 2.24) is 0 Å². The predicted molar refractivity (Wildman–Crippen MR) is 61.1 cm³/mol. The van der Waals surface area contributed by atoms with Crippen molar-refractivity contribution < 1.29 is 9.90 Å². The Morgan fingerprint density at radius 2 is 2.00 bits per heavy atom. The minimum absolute atomic E-state index is 0.283. The summed E-state index contributed by atoms with van der Waals surface area (Å²) in [6.45, 7) is 4.19. The first kappa shape index (κ1) is 11.8. The number of carboxylic acid groups (broad SMARTS) is 1. The molecule has 1 aromatic carbocycles. The van der Waals surface area contributed by atoms with Crippen LogP contribution in [-0.4, -0.2) is 11.1 Å². The van der Waals surface area contributed by atoms with E-state index in [2.05, 4.69) is 32.0 Å². The highest BCUT2D eigenvalue weighted by Crippen LogP contribution is 2.14. The Kier molecular flexibility index (Phi) is 4.35. The molecule has 0 bridgehead atoms. The van der Waals surface area contributed by atoms with Gasteiger partial charge in [-0.2, -0.15) is 0 Å². The minimum Gasteiger partial charge on any atom is -0.481 e. The lowest BCUT2D eigenvalue weighted by Crippen LogP contribution is -1.96. The van der Waals surface area contributed by atoms with Crippen molar-refractivity contribution in [3.63, 3.8) is 0 Å². The lowest BCUT2D eigenvalue weighted by atomic mass is 10.00. The Morgan fingerprint density at radius 3 is 2.67 bits per heavy atom. The third-order valence-electron chi connectivity index (χ3n) is 2.59. The topological polar surface area (TPSA) is 37.3 Å². The number of unbranched alkanes of at least 4 members (excludes halogenated alkanes) is 1. The predicted octanol–water partition coefficient (Wildman–Crippen LogP) is 3.10. The molecule has 0 heterocycles. The van der Waals surface area contributed by atoms with Crippen LogP contribution < -0.4 is 0 Å². The van der Waals surface area contributed by atoms with E-state index in [4.69, 9.17) is 5.11 Å². The molecule has 2 nitrogen and oxygen atoms in total. The molecule has 15 heavy (non-hydrogen) atoms. The molecule has 1 rings (SSSR count). The van der Waals surface area contributed by atoms with Gasteiger partial charge in [-0.05, 0) is 44.2 Å². The largest absolute Gasteiger partial charge is 0.481 e. The first-order chi connectivity index (χ1) is 7.09. The van der Waals surface area contributed by atoms with Gasteiger partial charge in [0, 0.05) is 6.42 Å². The third kappa shape index (κ3) is 4.15. The van der Waals surface area contributed by atoms with Crippen molar-refractivity contribution >= 4 is 5.97 Å². The minimum atomic E-state index is -0.698. The summed E-state index contributed by atoms with van der Waals surface area (Å²) in [7, 11) is 0. The zero-order chi connectivity index (χ0) is 11.3. The van der Waals surface area contributed by atoms with E-state index in [1.54, 1.807) is 0 Å². The Hall–Kier alpha value is -1.31. The number of benzene rings is 1. The number of carbonyl (C=O) groups is 1. The van der Waals surface area contributed by atoms with E-state index in [0.717, 1.165) is 19.3 Å². The molecule has 0 saturated carbocycles. The van der Waals surface area contributed by atoms with Crippen LogP contribution in [-0.2, 0) is 11.2 Å². The zero-order valence-corrected chi connectivity index (χ0v) is 9.42. The smallest absolute Gasteiger partial charge is 0.303 e. The molecule has 0 aromatic heterocycles. The SMILES string of the molecule is Cc1ccc(C)c(CCCCC(=O)O)c1. The number of aryl methyl sites for hydroxylation is 3. The van der Waals surface area contributed by atoms with E-state index in [0.29, 0.717) is 0 Å². The standard InChI is InChI=1S/C13H18O2/c1-10-7-8-11(2)12(9-10)5-3-4-6-13(14)15/h7-9H,3-6H2,1-2H3,(H,14,15). The molecule has 0 atom stereocenters. The normalized spacial score (nSPS) is 10.3. The van der Waals surface area contributed by atoms with Gasteiger partial charge in [0.2, 0.25) is 0 Å². The van der Waals surface area contributed by atoms with E-state index in [1.165, 1.54) is 16.7 Å². The summed E-state index contributed by atoms with van der Waals surface area (Å²) in [5.74, 6) is -0.698. The van der Waals surface area contributed by atoms with Crippen LogP contribution in [0.1, 0.15) is 36.0 Å². The second-order valence-corrected chi connectivity index (χ2v) is 4.03. The maximum atomic E-state index is 10.3. The van der Waals surface area contributed by atoms with Gasteiger partial charge in [0.15, 0.2) is 0 Å². The maximum Gasteiger partial charge on any atom is 0.303 e. The van der Waals surface area contributed by atoms with E-state index in [-0.39, 0.29) is 6.42 Å². The number of hydrogen-bond donors (Lipinski definition) is 1. The fourth-order valence-corrected chi connectivity index (χ4v) is 1.66. The second kappa shape index (κ2) is 5.54. The Labute approximate surface area is 90.9 Å². The third-order valence-corrected chi connectivity index (χ3v) is 2.59. The van der Waals surface area contributed by atoms with Crippen LogP contribution in [0.4, 0.5) is 0 Å². The monoisotopic (exact) mass is 206 g/mol. The fourth-order valence-electron chi connectivity index (χ4n) is 1.66. The quantitative estimate of drug-likeness (QED) is 0.752. The van der Waals surface area contributed by atoms with Crippen molar-refractivity contribution in [2.24, 2.45) is 0 Å². The van der Waals surface area contributed by atoms with Crippen molar-refractivity contribution in [2.45, 2.75) is 39.5 Å². The molecule has 2 heteroatoms. The average Bonchev–Trinajstić information content (AvgIpc) is 2.17. The highest BCUT2D eigenvalue weighted by atomic mass is 16.4. The second-order valence-electron chi connectivity index (χ2n) is 4.03. The van der Waals surface area contributed by atoms with Gasteiger partial charge in [0.05, 0.1) is 0 Å². The van der Waals surface area contributed by atoms with Gasteiger partial charge in [-0.1, -0.05) is 23.8 Å². The van der Waals surface area contributed by atoms with Crippen LogP contribution in [0.3, 0.4) is 0 Å². The number of aliphatic carboxylic acids is 1. The van der Waals surface area contributed by atoms with Crippen LogP contribution in [0.25, 0.3) is 0 Å². The first-order valence-corrected chi connectivity index (χ1v) is 5.37. The number of carboxylic acids is 1. The molecule has 0 saturated heterocycles. The van der Waals surface area contributed by atoms with Gasteiger partial charge >= 0.3 is 5.97 Å². The number of rotatable bonds is 5. The van der Waals surface area contributed by atoms with Crippen LogP contribution in [0.15, 0.2) is 18.2 Å². The summed E-state index contributed by atoms with van der Waals surface area (Å²) >= 11 is 0. The van der Waals surface area contributed by atoms with Gasteiger partial charge in [-0.15, -0.1) is 0 Å². The highest BCUT2D eigenvalue weighted by Gasteiger charge is 2.00. The van der Waals surface area contributed by atoms with Crippen molar-refractivity contribution in [3.05, 3.63) is 34.9 Å². The molecule has 1 N–H and O–H groups in total. The van der Waals surface area contributed by atoms with Gasteiger partial charge in [-0.3, -0.25) is 4.79 Å². The molecule has 1 aromatic rings. The summed E-state index contributed by atoms with van der Waals surface area (Å²) in [5.41, 5.74) is 3.92. The van der Waals surface area contributed by atoms with E-state index in [1.807, 2.05) is 0 Å². The van der Waals surface area contributed by atoms with Crippen LogP contribution >= 0.6 is 0 Å². The Morgan fingerprint density at radius 1 is 1.27 bits per heavy atom. The molecule has 0 aliphatic heterocycles. The van der Waals surface area contributed by atoms with E-state index >= 15 is 0 Å². The van der Waals surface area contributed by atoms with Crippen molar-refractivity contribution in [1.29, 1.82) is 0 Å². The van der Waals surface area contributed by atoms with Gasteiger partial charge in [0.1, 0.15) is 0 Å². The molecule has 0 unspecified atom stereocenters. The lowest BCUT2D eigenvalue weighted by Gasteiger charge is -2.06. The molecule has 0 radical (unpaired) electrons. The molecular weight excluding hydrogens is 188 g/mol. The Bertz CT molecular complexity index is 342. The van der Waals surface area contributed by atoms with Gasteiger partial charge < -0.3 is 5.11 Å². The molecule has 82 valence electrons. The summed E-state index contributed by atoms with van der Waals surface area (Å²) in [6, 6.07) is 6.42. The molecule has 0 aliphatic carbocycles. The van der Waals surface area contributed by atoms with E-state index < -0.39 is 5.97 Å². The molecule has 0 spiro atoms. The number of hydrogen-bond acceptors (Lipinski definition) is 1. The summed E-state index contributed by atoms with van der Waals surface area (Å²) in [4.78, 5) is 10.3. The molecule has 0 amide bonds. The Balaban J connectivity index is 2.43. The summed E-state index contributed by atoms with van der Waals surface area (Å²) in [6.07, 6.45) is 2.99. The average molecular weight is 206 g/mol. The van der Waals surface area contributed by atoms with Crippen LogP contribution in [0.2, 0.25) is 0 Å².